The summed E-state index contributed by atoms with van der Waals surface area (Å²) in [5.74, 6) is 0.677. The van der Waals surface area contributed by atoms with Crippen LogP contribution in [0.4, 0.5) is 0 Å². The highest BCUT2D eigenvalue weighted by Gasteiger charge is 2.15. The fourth-order valence-electron chi connectivity index (χ4n) is 5.21. The number of aliphatic carboxylic acids is 2. The smallest absolute Gasteiger partial charge is 0.303 e. The van der Waals surface area contributed by atoms with Crippen molar-refractivity contribution in [1.82, 2.24) is 5.32 Å². The number of benzene rings is 3. The van der Waals surface area contributed by atoms with E-state index in [-0.39, 0.29) is 25.4 Å². The van der Waals surface area contributed by atoms with Gasteiger partial charge in [0.25, 0.3) is 5.91 Å². The fourth-order valence-corrected chi connectivity index (χ4v) is 5.21. The first-order chi connectivity index (χ1) is 21.8. The van der Waals surface area contributed by atoms with Gasteiger partial charge in [0, 0.05) is 25.5 Å². The molecule has 0 saturated heterocycles. The second-order valence-electron chi connectivity index (χ2n) is 10.8. The molecule has 10 nitrogen and oxygen atoms in total. The van der Waals surface area contributed by atoms with Crippen LogP contribution in [0.5, 0.6) is 23.0 Å². The van der Waals surface area contributed by atoms with Crippen LogP contribution >= 0.6 is 0 Å². The Kier molecular flexibility index (Phi) is 12.5. The van der Waals surface area contributed by atoms with E-state index >= 15 is 0 Å². The van der Waals surface area contributed by atoms with Crippen molar-refractivity contribution in [2.24, 2.45) is 0 Å². The average molecular weight is 620 g/mol. The molecule has 3 N–H and O–H groups in total. The van der Waals surface area contributed by atoms with E-state index in [1.54, 1.807) is 13.1 Å². The van der Waals surface area contributed by atoms with Gasteiger partial charge in [-0.1, -0.05) is 31.0 Å². The lowest BCUT2D eigenvalue weighted by Gasteiger charge is -2.19. The number of aryl methyl sites for hydroxylation is 1. The van der Waals surface area contributed by atoms with Gasteiger partial charge in [0.1, 0.15) is 24.7 Å². The summed E-state index contributed by atoms with van der Waals surface area (Å²) in [6.07, 6.45) is 5.21. The lowest BCUT2D eigenvalue weighted by atomic mass is 9.97. The Balaban J connectivity index is 1.30. The van der Waals surface area contributed by atoms with Crippen LogP contribution in [0.25, 0.3) is 11.1 Å². The number of hydrogen-bond donors (Lipinski definition) is 3. The van der Waals surface area contributed by atoms with Gasteiger partial charge in [0.2, 0.25) is 0 Å². The zero-order chi connectivity index (χ0) is 32.0. The van der Waals surface area contributed by atoms with E-state index in [1.165, 1.54) is 0 Å². The second kappa shape index (κ2) is 16.9. The largest absolute Gasteiger partial charge is 0.494 e. The summed E-state index contributed by atoms with van der Waals surface area (Å²) in [5, 5.41) is 20.8. The van der Waals surface area contributed by atoms with Crippen LogP contribution in [0.3, 0.4) is 0 Å². The standard InChI is InChI=1S/C35H41NO9/c1-36-35(41)27-20-26(25-12-14-31-32(23-25)45-19-18-44-31)21-28(22-27)42-16-5-3-2-4-8-24-9-6-10-30(29(24)13-15-34(39)40)43-17-7-11-33(37)38/h6,9-10,12,14,20-23H,2-5,7-8,11,13,15-19H2,1H3,(H,36,41)(H,37,38)(H,39,40). The SMILES string of the molecule is CNC(=O)c1cc(OCCCCCCc2cccc(OCCCC(=O)O)c2CCC(=O)O)cc(-c2ccc3c(c2)OCCO3)c1. The van der Waals surface area contributed by atoms with E-state index in [2.05, 4.69) is 5.32 Å². The third kappa shape index (κ3) is 10.2. The quantitative estimate of drug-likeness (QED) is 0.148. The molecule has 45 heavy (non-hydrogen) atoms. The Morgan fingerprint density at radius 2 is 1.51 bits per heavy atom. The highest BCUT2D eigenvalue weighted by Crippen LogP contribution is 2.36. The first-order valence-corrected chi connectivity index (χ1v) is 15.4. The van der Waals surface area contributed by atoms with Crippen molar-refractivity contribution < 1.29 is 43.5 Å². The minimum absolute atomic E-state index is 0.00265. The third-order valence-electron chi connectivity index (χ3n) is 7.49. The van der Waals surface area contributed by atoms with Gasteiger partial charge in [-0.05, 0) is 90.8 Å². The predicted octanol–water partition coefficient (Wildman–Crippen LogP) is 5.93. The molecule has 10 heteroatoms. The molecule has 0 spiro atoms. The Labute approximate surface area is 263 Å². The summed E-state index contributed by atoms with van der Waals surface area (Å²) in [6, 6.07) is 16.9. The average Bonchev–Trinajstić information content (AvgIpc) is 3.04. The summed E-state index contributed by atoms with van der Waals surface area (Å²) >= 11 is 0. The number of fused-ring (bicyclic) bond motifs is 1. The fraction of sp³-hybridized carbons (Fsp3) is 0.400. The number of carbonyl (C=O) groups is 3. The molecule has 1 aliphatic rings. The lowest BCUT2D eigenvalue weighted by molar-refractivity contribution is -0.138. The molecule has 0 aromatic heterocycles. The molecular weight excluding hydrogens is 578 g/mol. The number of carboxylic acid groups (broad SMARTS) is 2. The predicted molar refractivity (Wildman–Crippen MR) is 169 cm³/mol. The van der Waals surface area contributed by atoms with Crippen LogP contribution in [0.2, 0.25) is 0 Å². The van der Waals surface area contributed by atoms with E-state index in [9.17, 15) is 19.5 Å². The van der Waals surface area contributed by atoms with E-state index in [0.717, 1.165) is 54.4 Å². The summed E-state index contributed by atoms with van der Waals surface area (Å²) < 4.78 is 23.3. The molecule has 1 heterocycles. The van der Waals surface area contributed by atoms with Crippen molar-refractivity contribution >= 4 is 17.8 Å². The van der Waals surface area contributed by atoms with Crippen LogP contribution in [0, 0.1) is 0 Å². The van der Waals surface area contributed by atoms with Gasteiger partial charge >= 0.3 is 11.9 Å². The maximum absolute atomic E-state index is 12.5. The number of unbranched alkanes of at least 4 members (excludes halogenated alkanes) is 3. The monoisotopic (exact) mass is 619 g/mol. The number of nitrogens with one attached hydrogen (secondary N) is 1. The third-order valence-corrected chi connectivity index (χ3v) is 7.49. The molecule has 0 fully saturated rings. The van der Waals surface area contributed by atoms with Crippen molar-refractivity contribution in [1.29, 1.82) is 0 Å². The molecule has 0 aliphatic carbocycles. The van der Waals surface area contributed by atoms with Gasteiger partial charge in [0.05, 0.1) is 13.2 Å². The number of amides is 1. The zero-order valence-electron chi connectivity index (χ0n) is 25.6. The van der Waals surface area contributed by atoms with Gasteiger partial charge in [-0.3, -0.25) is 14.4 Å². The van der Waals surface area contributed by atoms with Gasteiger partial charge in [-0.2, -0.15) is 0 Å². The van der Waals surface area contributed by atoms with Crippen LogP contribution in [-0.2, 0) is 22.4 Å². The molecule has 4 rings (SSSR count). The molecule has 0 radical (unpaired) electrons. The van der Waals surface area contributed by atoms with Crippen molar-refractivity contribution in [2.75, 3.05) is 33.5 Å². The minimum atomic E-state index is -0.874. The topological polar surface area (TPSA) is 141 Å². The molecule has 0 unspecified atom stereocenters. The van der Waals surface area contributed by atoms with Crippen LogP contribution in [-0.4, -0.2) is 61.5 Å². The Morgan fingerprint density at radius 3 is 2.29 bits per heavy atom. The van der Waals surface area contributed by atoms with E-state index in [4.69, 9.17) is 24.1 Å². The molecule has 0 atom stereocenters. The number of hydrogen-bond acceptors (Lipinski definition) is 7. The summed E-state index contributed by atoms with van der Waals surface area (Å²) in [7, 11) is 1.60. The molecule has 1 aliphatic heterocycles. The van der Waals surface area contributed by atoms with Gasteiger partial charge in [0.15, 0.2) is 11.5 Å². The van der Waals surface area contributed by atoms with Crippen molar-refractivity contribution in [3.05, 3.63) is 71.3 Å². The highest BCUT2D eigenvalue weighted by atomic mass is 16.6. The second-order valence-corrected chi connectivity index (χ2v) is 10.8. The first-order valence-electron chi connectivity index (χ1n) is 15.4. The number of carbonyl (C=O) groups excluding carboxylic acids is 1. The highest BCUT2D eigenvalue weighted by molar-refractivity contribution is 5.96. The Bertz CT molecular complexity index is 1470. The number of rotatable bonds is 18. The van der Waals surface area contributed by atoms with Crippen molar-refractivity contribution in [3.63, 3.8) is 0 Å². The van der Waals surface area contributed by atoms with Gasteiger partial charge in [-0.15, -0.1) is 0 Å². The molecule has 240 valence electrons. The van der Waals surface area contributed by atoms with Crippen LogP contribution < -0.4 is 24.3 Å². The van der Waals surface area contributed by atoms with E-state index < -0.39 is 11.9 Å². The zero-order valence-corrected chi connectivity index (χ0v) is 25.6. The van der Waals surface area contributed by atoms with Gasteiger partial charge < -0.3 is 34.5 Å². The minimum Gasteiger partial charge on any atom is -0.494 e. The molecule has 0 saturated carbocycles. The first kappa shape index (κ1) is 33.2. The van der Waals surface area contributed by atoms with Crippen LogP contribution in [0.15, 0.2) is 54.6 Å². The normalized spacial score (nSPS) is 11.9. The van der Waals surface area contributed by atoms with Gasteiger partial charge in [-0.25, -0.2) is 0 Å². The Hall–Kier alpha value is -4.73. The molecule has 1 amide bonds. The lowest BCUT2D eigenvalue weighted by Crippen LogP contribution is -2.18. The summed E-state index contributed by atoms with van der Waals surface area (Å²) in [4.78, 5) is 34.5. The summed E-state index contributed by atoms with van der Waals surface area (Å²) in [5.41, 5.74) is 4.18. The number of ether oxygens (including phenoxy) is 4. The van der Waals surface area contributed by atoms with E-state index in [1.807, 2.05) is 48.5 Å². The summed E-state index contributed by atoms with van der Waals surface area (Å²) in [6.45, 7) is 1.78. The van der Waals surface area contributed by atoms with Crippen molar-refractivity contribution in [2.45, 2.75) is 57.8 Å². The van der Waals surface area contributed by atoms with E-state index in [0.29, 0.717) is 61.2 Å². The molecule has 3 aromatic carbocycles. The van der Waals surface area contributed by atoms with Crippen LogP contribution in [0.1, 0.15) is 66.4 Å². The molecule has 3 aromatic rings. The number of carboxylic acids is 2. The Morgan fingerprint density at radius 1 is 0.756 bits per heavy atom. The maximum Gasteiger partial charge on any atom is 0.303 e. The molecular formula is C35H41NO9. The molecule has 0 bridgehead atoms. The maximum atomic E-state index is 12.5. The van der Waals surface area contributed by atoms with Crippen molar-refractivity contribution in [3.8, 4) is 34.1 Å².